The van der Waals surface area contributed by atoms with Gasteiger partial charge < -0.3 is 0 Å². The summed E-state index contributed by atoms with van der Waals surface area (Å²) in [5.74, 6) is -0.0119. The van der Waals surface area contributed by atoms with Gasteiger partial charge in [-0.3, -0.25) is 4.79 Å². The van der Waals surface area contributed by atoms with Crippen LogP contribution in [0, 0.1) is 6.92 Å². The molecule has 4 heteroatoms. The van der Waals surface area contributed by atoms with Crippen molar-refractivity contribution in [1.82, 2.24) is 4.98 Å². The molecule has 0 aliphatic heterocycles. The van der Waals surface area contributed by atoms with Crippen LogP contribution in [-0.2, 0) is 0 Å². The number of aromatic nitrogens is 1. The maximum Gasteiger partial charge on any atom is 0.197 e. The fourth-order valence-electron chi connectivity index (χ4n) is 2.19. The summed E-state index contributed by atoms with van der Waals surface area (Å²) < 4.78 is 0.993. The van der Waals surface area contributed by atoms with Crippen molar-refractivity contribution in [3.05, 3.63) is 81.3 Å². The topological polar surface area (TPSA) is 30.0 Å². The van der Waals surface area contributed by atoms with Gasteiger partial charge >= 0.3 is 0 Å². The van der Waals surface area contributed by atoms with E-state index in [1.54, 1.807) is 6.08 Å². The van der Waals surface area contributed by atoms with Crippen molar-refractivity contribution in [3.63, 3.8) is 0 Å². The molecule has 0 spiro atoms. The monoisotopic (exact) mass is 383 g/mol. The third kappa shape index (κ3) is 3.84. The quantitative estimate of drug-likeness (QED) is 0.422. The number of benzene rings is 2. The van der Waals surface area contributed by atoms with Gasteiger partial charge in [0, 0.05) is 10.0 Å². The highest BCUT2D eigenvalue weighted by Gasteiger charge is 2.13. The molecule has 114 valence electrons. The van der Waals surface area contributed by atoms with Crippen LogP contribution in [0.1, 0.15) is 20.9 Å². The average Bonchev–Trinajstić information content (AvgIpc) is 2.95. The summed E-state index contributed by atoms with van der Waals surface area (Å²) in [6, 6.07) is 17.8. The van der Waals surface area contributed by atoms with Gasteiger partial charge in [0.15, 0.2) is 5.78 Å². The van der Waals surface area contributed by atoms with Gasteiger partial charge in [-0.05, 0) is 30.7 Å². The minimum atomic E-state index is -0.0119. The van der Waals surface area contributed by atoms with Crippen molar-refractivity contribution in [2.24, 2.45) is 0 Å². The molecule has 0 aliphatic carbocycles. The van der Waals surface area contributed by atoms with E-state index in [9.17, 15) is 4.79 Å². The molecule has 0 saturated carbocycles. The highest BCUT2D eigenvalue weighted by atomic mass is 79.9. The number of halogens is 1. The van der Waals surface area contributed by atoms with E-state index in [4.69, 9.17) is 0 Å². The number of nitrogens with zero attached hydrogens (tertiary/aromatic N) is 1. The summed E-state index contributed by atoms with van der Waals surface area (Å²) in [5, 5.41) is 0.877. The Hall–Kier alpha value is -2.04. The van der Waals surface area contributed by atoms with Crippen LogP contribution in [0.25, 0.3) is 16.6 Å². The predicted molar refractivity (Wildman–Crippen MR) is 99.8 cm³/mol. The Bertz CT molecular complexity index is 868. The van der Waals surface area contributed by atoms with Crippen molar-refractivity contribution in [2.75, 3.05) is 0 Å². The van der Waals surface area contributed by atoms with Gasteiger partial charge in [-0.25, -0.2) is 4.98 Å². The summed E-state index contributed by atoms with van der Waals surface area (Å²) in [5.41, 5.74) is 2.80. The molecule has 23 heavy (non-hydrogen) atoms. The summed E-state index contributed by atoms with van der Waals surface area (Å²) in [6.07, 6.45) is 3.44. The van der Waals surface area contributed by atoms with Crippen LogP contribution in [0.3, 0.4) is 0 Å². The maximum absolute atomic E-state index is 12.4. The van der Waals surface area contributed by atoms with Crippen LogP contribution in [0.2, 0.25) is 0 Å². The first-order chi connectivity index (χ1) is 11.1. The molecular weight excluding hydrogens is 370 g/mol. The molecule has 0 atom stereocenters. The molecule has 0 aliphatic rings. The second-order valence-electron chi connectivity index (χ2n) is 5.05. The van der Waals surface area contributed by atoms with Crippen molar-refractivity contribution in [2.45, 2.75) is 6.92 Å². The summed E-state index contributed by atoms with van der Waals surface area (Å²) >= 11 is 4.87. The summed E-state index contributed by atoms with van der Waals surface area (Å²) in [4.78, 5) is 17.7. The Morgan fingerprint density at radius 2 is 1.91 bits per heavy atom. The van der Waals surface area contributed by atoms with Gasteiger partial charge in [-0.1, -0.05) is 64.5 Å². The van der Waals surface area contributed by atoms with Crippen LogP contribution < -0.4 is 0 Å². The van der Waals surface area contributed by atoms with Gasteiger partial charge in [0.25, 0.3) is 0 Å². The predicted octanol–water partition coefficient (Wildman–Crippen LogP) is 5.78. The second kappa shape index (κ2) is 7.02. The first-order valence-electron chi connectivity index (χ1n) is 7.14. The van der Waals surface area contributed by atoms with Gasteiger partial charge in [0.05, 0.1) is 10.6 Å². The van der Waals surface area contributed by atoms with E-state index in [0.717, 1.165) is 26.3 Å². The second-order valence-corrected chi connectivity index (χ2v) is 6.97. The van der Waals surface area contributed by atoms with E-state index < -0.39 is 0 Å². The molecule has 2 aromatic carbocycles. The molecule has 0 unspecified atom stereocenters. The van der Waals surface area contributed by atoms with Crippen LogP contribution in [0.15, 0.2) is 65.1 Å². The lowest BCUT2D eigenvalue weighted by atomic mass is 10.2. The lowest BCUT2D eigenvalue weighted by molar-refractivity contribution is 0.105. The van der Waals surface area contributed by atoms with Crippen LogP contribution >= 0.6 is 27.3 Å². The zero-order chi connectivity index (χ0) is 16.2. The van der Waals surface area contributed by atoms with Gasteiger partial charge in [-0.15, -0.1) is 11.3 Å². The van der Waals surface area contributed by atoms with Crippen molar-refractivity contribution >= 4 is 39.1 Å². The average molecular weight is 384 g/mol. The Balaban J connectivity index is 1.84. The number of thiazole rings is 1. The van der Waals surface area contributed by atoms with Crippen LogP contribution in [0.4, 0.5) is 0 Å². The number of hydrogen-bond donors (Lipinski definition) is 0. The number of allylic oxidation sites excluding steroid dienone is 1. The highest BCUT2D eigenvalue weighted by molar-refractivity contribution is 9.10. The molecule has 1 aromatic heterocycles. The zero-order valence-electron chi connectivity index (χ0n) is 12.5. The number of aryl methyl sites for hydroxylation is 1. The van der Waals surface area contributed by atoms with Crippen LogP contribution in [0.5, 0.6) is 0 Å². The number of carbonyl (C=O) groups excluding carboxylic acids is 1. The van der Waals surface area contributed by atoms with E-state index in [-0.39, 0.29) is 5.78 Å². The lowest BCUT2D eigenvalue weighted by Gasteiger charge is -1.95. The van der Waals surface area contributed by atoms with E-state index in [1.807, 2.05) is 67.6 Å². The highest BCUT2D eigenvalue weighted by Crippen LogP contribution is 2.28. The molecule has 0 bridgehead atoms. The number of hydrogen-bond acceptors (Lipinski definition) is 3. The van der Waals surface area contributed by atoms with E-state index in [0.29, 0.717) is 4.88 Å². The summed E-state index contributed by atoms with van der Waals surface area (Å²) in [6.45, 7) is 1.88. The number of carbonyl (C=O) groups is 1. The van der Waals surface area contributed by atoms with E-state index in [1.165, 1.54) is 11.3 Å². The lowest BCUT2D eigenvalue weighted by Crippen LogP contribution is -1.93. The smallest absolute Gasteiger partial charge is 0.197 e. The first-order valence-corrected chi connectivity index (χ1v) is 8.75. The molecule has 0 radical (unpaired) electrons. The van der Waals surface area contributed by atoms with Crippen LogP contribution in [-0.4, -0.2) is 10.8 Å². The number of rotatable bonds is 4. The third-order valence-corrected chi connectivity index (χ3v) is 5.03. The van der Waals surface area contributed by atoms with E-state index in [2.05, 4.69) is 20.9 Å². The number of ketones is 1. The molecule has 2 nitrogen and oxygen atoms in total. The molecule has 3 aromatic rings. The minimum absolute atomic E-state index is 0.0119. The Morgan fingerprint density at radius 3 is 2.65 bits per heavy atom. The fraction of sp³-hybridized carbons (Fsp3) is 0.0526. The minimum Gasteiger partial charge on any atom is -0.288 e. The SMILES string of the molecule is Cc1nc(-c2ccccc2)sc1C(=O)/C=C/c1cccc(Br)c1. The molecule has 0 saturated heterocycles. The Morgan fingerprint density at radius 1 is 1.13 bits per heavy atom. The van der Waals surface area contributed by atoms with Crippen molar-refractivity contribution in [1.29, 1.82) is 0 Å². The molecule has 1 heterocycles. The van der Waals surface area contributed by atoms with Gasteiger partial charge in [-0.2, -0.15) is 0 Å². The van der Waals surface area contributed by atoms with E-state index >= 15 is 0 Å². The normalized spacial score (nSPS) is 11.0. The molecular formula is C19H14BrNOS. The Labute approximate surface area is 147 Å². The largest absolute Gasteiger partial charge is 0.288 e. The zero-order valence-corrected chi connectivity index (χ0v) is 14.9. The van der Waals surface area contributed by atoms with Gasteiger partial charge in [0.1, 0.15) is 5.01 Å². The summed E-state index contributed by atoms with van der Waals surface area (Å²) in [7, 11) is 0. The molecule has 3 rings (SSSR count). The maximum atomic E-state index is 12.4. The molecule has 0 amide bonds. The first kappa shape index (κ1) is 15.8. The van der Waals surface area contributed by atoms with Gasteiger partial charge in [0.2, 0.25) is 0 Å². The fourth-order valence-corrected chi connectivity index (χ4v) is 3.60. The van der Waals surface area contributed by atoms with Crippen molar-refractivity contribution < 1.29 is 4.79 Å². The molecule has 0 fully saturated rings. The molecule has 0 N–H and O–H groups in total. The third-order valence-electron chi connectivity index (χ3n) is 3.32. The Kier molecular flexibility index (Phi) is 4.84. The van der Waals surface area contributed by atoms with Crippen molar-refractivity contribution in [3.8, 4) is 10.6 Å². The standard InChI is InChI=1S/C19H14BrNOS/c1-13-18(23-19(21-13)15-7-3-2-4-8-15)17(22)11-10-14-6-5-9-16(20)12-14/h2-12H,1H3/b11-10+.